The Labute approximate surface area is 162 Å². The van der Waals surface area contributed by atoms with Crippen molar-refractivity contribution in [3.8, 4) is 11.5 Å². The molecule has 2 N–H and O–H groups in total. The number of piperidine rings is 1. The first-order valence-corrected chi connectivity index (χ1v) is 9.38. The molecule has 0 aliphatic carbocycles. The Morgan fingerprint density at radius 2 is 1.93 bits per heavy atom. The average molecular weight is 386 g/mol. The van der Waals surface area contributed by atoms with E-state index in [0.29, 0.717) is 49.5 Å². The summed E-state index contributed by atoms with van der Waals surface area (Å²) in [6.07, 6.45) is 0.928. The number of hydrogen-bond donors (Lipinski definition) is 2. The second-order valence-corrected chi connectivity index (χ2v) is 7.28. The van der Waals surface area contributed by atoms with Crippen LogP contribution in [0.1, 0.15) is 24.0 Å². The number of nitrogens with zero attached hydrogens (tertiary/aromatic N) is 1. The third-order valence-corrected chi connectivity index (χ3v) is 5.34. The van der Waals surface area contributed by atoms with E-state index in [9.17, 15) is 14.3 Å². The van der Waals surface area contributed by atoms with Crippen LogP contribution in [-0.2, 0) is 16.9 Å². The lowest BCUT2D eigenvalue weighted by atomic mass is 9.84. The zero-order valence-electron chi connectivity index (χ0n) is 15.5. The normalized spacial score (nSPS) is 18.1. The molecule has 0 bridgehead atoms. The quantitative estimate of drug-likeness (QED) is 0.824. The Morgan fingerprint density at radius 3 is 2.71 bits per heavy atom. The van der Waals surface area contributed by atoms with E-state index in [0.717, 1.165) is 5.56 Å². The molecular weight excluding hydrogens is 363 g/mol. The summed E-state index contributed by atoms with van der Waals surface area (Å²) in [5.74, 6) is 0.985. The van der Waals surface area contributed by atoms with Gasteiger partial charge in [0.25, 0.3) is 0 Å². The van der Waals surface area contributed by atoms with Gasteiger partial charge >= 0.3 is 0 Å². The van der Waals surface area contributed by atoms with Crippen molar-refractivity contribution >= 4 is 5.91 Å². The van der Waals surface area contributed by atoms with E-state index < -0.39 is 5.60 Å². The molecule has 1 amide bonds. The van der Waals surface area contributed by atoms with Crippen LogP contribution >= 0.6 is 0 Å². The molecule has 0 saturated carbocycles. The number of nitrogens with one attached hydrogen (secondary N) is 1. The molecule has 148 valence electrons. The summed E-state index contributed by atoms with van der Waals surface area (Å²) in [7, 11) is 0. The lowest BCUT2D eigenvalue weighted by Crippen LogP contribution is -2.46. The maximum Gasteiger partial charge on any atom is 0.234 e. The number of rotatable bonds is 5. The van der Waals surface area contributed by atoms with Gasteiger partial charge in [-0.05, 0) is 48.2 Å². The smallest absolute Gasteiger partial charge is 0.234 e. The summed E-state index contributed by atoms with van der Waals surface area (Å²) in [6.45, 7) is 2.05. The van der Waals surface area contributed by atoms with Crippen molar-refractivity contribution in [2.45, 2.75) is 25.0 Å². The number of aliphatic hydroxyl groups is 1. The van der Waals surface area contributed by atoms with Crippen molar-refractivity contribution in [1.29, 1.82) is 0 Å². The summed E-state index contributed by atoms with van der Waals surface area (Å²) >= 11 is 0. The fourth-order valence-corrected chi connectivity index (χ4v) is 3.66. The second kappa shape index (κ2) is 7.77. The predicted octanol–water partition coefficient (Wildman–Crippen LogP) is 2.15. The average Bonchev–Trinajstić information content (AvgIpc) is 3.16. The summed E-state index contributed by atoms with van der Waals surface area (Å²) in [4.78, 5) is 14.3. The number of ether oxygens (including phenoxy) is 2. The summed E-state index contributed by atoms with van der Waals surface area (Å²) in [5.41, 5.74) is 0.498. The van der Waals surface area contributed by atoms with E-state index in [2.05, 4.69) is 5.32 Å². The van der Waals surface area contributed by atoms with Crippen LogP contribution in [0.3, 0.4) is 0 Å². The number of amides is 1. The van der Waals surface area contributed by atoms with Crippen molar-refractivity contribution < 1.29 is 23.8 Å². The third kappa shape index (κ3) is 4.10. The minimum atomic E-state index is -1.04. The van der Waals surface area contributed by atoms with Crippen molar-refractivity contribution in [3.05, 3.63) is 59.4 Å². The molecule has 1 fully saturated rings. The zero-order chi connectivity index (χ0) is 19.6. The van der Waals surface area contributed by atoms with E-state index in [4.69, 9.17) is 9.47 Å². The van der Waals surface area contributed by atoms with E-state index >= 15 is 0 Å². The third-order valence-electron chi connectivity index (χ3n) is 5.34. The molecule has 2 aliphatic rings. The van der Waals surface area contributed by atoms with Gasteiger partial charge in [-0.3, -0.25) is 9.69 Å². The number of halogens is 1. The Kier molecular flexibility index (Phi) is 5.19. The Balaban J connectivity index is 1.26. The van der Waals surface area contributed by atoms with Crippen molar-refractivity contribution in [2.24, 2.45) is 0 Å². The van der Waals surface area contributed by atoms with Crippen LogP contribution in [0, 0.1) is 5.82 Å². The number of hydrogen-bond acceptors (Lipinski definition) is 5. The monoisotopic (exact) mass is 386 g/mol. The minimum absolute atomic E-state index is 0.0751. The molecule has 0 spiro atoms. The molecular formula is C21H23FN2O4. The lowest BCUT2D eigenvalue weighted by molar-refractivity contribution is -0.123. The van der Waals surface area contributed by atoms with Crippen LogP contribution in [0.2, 0.25) is 0 Å². The number of benzene rings is 2. The highest BCUT2D eigenvalue weighted by Crippen LogP contribution is 2.33. The fraction of sp³-hybridized carbons (Fsp3) is 0.381. The zero-order valence-corrected chi connectivity index (χ0v) is 15.5. The van der Waals surface area contributed by atoms with E-state index in [1.54, 1.807) is 12.1 Å². The topological polar surface area (TPSA) is 71.0 Å². The molecule has 6 nitrogen and oxygen atoms in total. The first-order chi connectivity index (χ1) is 13.5. The molecule has 4 rings (SSSR count). The predicted molar refractivity (Wildman–Crippen MR) is 100 cm³/mol. The molecule has 0 unspecified atom stereocenters. The number of carbonyl (C=O) groups excluding carboxylic acids is 1. The molecule has 2 heterocycles. The molecule has 2 aromatic carbocycles. The first kappa shape index (κ1) is 18.7. The van der Waals surface area contributed by atoms with Crippen LogP contribution in [0.15, 0.2) is 42.5 Å². The van der Waals surface area contributed by atoms with Gasteiger partial charge in [0, 0.05) is 19.6 Å². The number of fused-ring (bicyclic) bond motifs is 1. The van der Waals surface area contributed by atoms with Crippen LogP contribution in [-0.4, -0.2) is 42.3 Å². The number of carbonyl (C=O) groups is 1. The van der Waals surface area contributed by atoms with Crippen LogP contribution < -0.4 is 14.8 Å². The van der Waals surface area contributed by atoms with Crippen LogP contribution in [0.25, 0.3) is 0 Å². The summed E-state index contributed by atoms with van der Waals surface area (Å²) in [5, 5.41) is 13.7. The molecule has 0 radical (unpaired) electrons. The van der Waals surface area contributed by atoms with Gasteiger partial charge in [0.05, 0.1) is 12.1 Å². The molecule has 2 aromatic rings. The molecule has 2 aliphatic heterocycles. The van der Waals surface area contributed by atoms with Crippen molar-refractivity contribution in [1.82, 2.24) is 10.2 Å². The minimum Gasteiger partial charge on any atom is -0.454 e. The number of likely N-dealkylation sites (tertiary alicyclic amines) is 1. The lowest BCUT2D eigenvalue weighted by Gasteiger charge is -2.38. The van der Waals surface area contributed by atoms with Gasteiger partial charge in [0.1, 0.15) is 5.82 Å². The molecule has 7 heteroatoms. The van der Waals surface area contributed by atoms with Crippen molar-refractivity contribution in [2.75, 3.05) is 26.4 Å². The highest BCUT2D eigenvalue weighted by atomic mass is 19.1. The van der Waals surface area contributed by atoms with Gasteiger partial charge in [0.2, 0.25) is 12.7 Å². The first-order valence-electron chi connectivity index (χ1n) is 9.38. The standard InChI is InChI=1S/C21H23FN2O4/c22-17-3-1-2-16(11-17)21(26)6-8-24(9-7-21)13-20(25)23-12-15-4-5-18-19(10-15)28-14-27-18/h1-5,10-11,26H,6-9,12-14H2,(H,23,25). The van der Waals surface area contributed by atoms with Gasteiger partial charge in [0.15, 0.2) is 11.5 Å². The summed E-state index contributed by atoms with van der Waals surface area (Å²) < 4.78 is 24.1. The Morgan fingerprint density at radius 1 is 1.14 bits per heavy atom. The van der Waals surface area contributed by atoms with E-state index in [1.165, 1.54) is 12.1 Å². The highest BCUT2D eigenvalue weighted by molar-refractivity contribution is 5.78. The van der Waals surface area contributed by atoms with Gasteiger partial charge in [-0.1, -0.05) is 18.2 Å². The van der Waals surface area contributed by atoms with Gasteiger partial charge < -0.3 is 19.9 Å². The molecule has 28 heavy (non-hydrogen) atoms. The Hall–Kier alpha value is -2.64. The fourth-order valence-electron chi connectivity index (χ4n) is 3.66. The van der Waals surface area contributed by atoms with Gasteiger partial charge in [-0.2, -0.15) is 0 Å². The largest absolute Gasteiger partial charge is 0.454 e. The van der Waals surface area contributed by atoms with Crippen LogP contribution in [0.5, 0.6) is 11.5 Å². The maximum absolute atomic E-state index is 13.4. The Bertz CT molecular complexity index is 865. The van der Waals surface area contributed by atoms with Crippen LogP contribution in [0.4, 0.5) is 4.39 Å². The SMILES string of the molecule is O=C(CN1CCC(O)(c2cccc(F)c2)CC1)NCc1ccc2c(c1)OCO2. The van der Waals surface area contributed by atoms with Crippen molar-refractivity contribution in [3.63, 3.8) is 0 Å². The van der Waals surface area contributed by atoms with Gasteiger partial charge in [-0.25, -0.2) is 4.39 Å². The molecule has 0 aromatic heterocycles. The maximum atomic E-state index is 13.4. The van der Waals surface area contributed by atoms with Gasteiger partial charge in [-0.15, -0.1) is 0 Å². The highest BCUT2D eigenvalue weighted by Gasteiger charge is 2.34. The van der Waals surface area contributed by atoms with E-state index in [1.807, 2.05) is 23.1 Å². The molecule has 1 saturated heterocycles. The second-order valence-electron chi connectivity index (χ2n) is 7.28. The molecule has 0 atom stereocenters. The summed E-state index contributed by atoms with van der Waals surface area (Å²) in [6, 6.07) is 11.7. The van der Waals surface area contributed by atoms with E-state index in [-0.39, 0.29) is 25.1 Å².